The number of fused-ring (bicyclic) bond motifs is 1. The summed E-state index contributed by atoms with van der Waals surface area (Å²) < 4.78 is 1.82. The van der Waals surface area contributed by atoms with Gasteiger partial charge < -0.3 is 11.1 Å². The summed E-state index contributed by atoms with van der Waals surface area (Å²) in [6.45, 7) is 0.631. The second kappa shape index (κ2) is 9.26. The van der Waals surface area contributed by atoms with Gasteiger partial charge in [0.1, 0.15) is 0 Å². The van der Waals surface area contributed by atoms with E-state index in [0.29, 0.717) is 30.8 Å². The summed E-state index contributed by atoms with van der Waals surface area (Å²) in [7, 11) is 0. The number of aryl methyl sites for hydroxylation is 1. The van der Waals surface area contributed by atoms with Crippen molar-refractivity contribution in [3.05, 3.63) is 94.9 Å². The molecule has 0 spiro atoms. The van der Waals surface area contributed by atoms with Gasteiger partial charge in [0.05, 0.1) is 23.6 Å². The Kier molecular flexibility index (Phi) is 5.87. The molecular formula is C26H23N5OS. The van der Waals surface area contributed by atoms with E-state index in [1.165, 1.54) is 16.3 Å². The Balaban J connectivity index is 1.21. The number of benzene rings is 3. The van der Waals surface area contributed by atoms with Gasteiger partial charge in [0.15, 0.2) is 0 Å². The Morgan fingerprint density at radius 2 is 1.91 bits per heavy atom. The van der Waals surface area contributed by atoms with Gasteiger partial charge >= 0.3 is 0 Å². The molecule has 1 amide bonds. The van der Waals surface area contributed by atoms with E-state index < -0.39 is 0 Å². The normalized spacial score (nSPS) is 11.0. The van der Waals surface area contributed by atoms with Crippen molar-refractivity contribution < 1.29 is 4.79 Å². The van der Waals surface area contributed by atoms with Gasteiger partial charge in [-0.05, 0) is 56.4 Å². The van der Waals surface area contributed by atoms with E-state index in [0.717, 1.165) is 16.8 Å². The monoisotopic (exact) mass is 453 g/mol. The van der Waals surface area contributed by atoms with Gasteiger partial charge in [-0.3, -0.25) is 4.79 Å². The molecule has 0 saturated carbocycles. The van der Waals surface area contributed by atoms with Crippen LogP contribution < -0.4 is 11.1 Å². The average molecular weight is 454 g/mol. The lowest BCUT2D eigenvalue weighted by Crippen LogP contribution is -2.13. The first kappa shape index (κ1) is 20.9. The highest BCUT2D eigenvalue weighted by molar-refractivity contribution is 7.08. The molecule has 3 aromatic carbocycles. The molecule has 164 valence electrons. The number of nitrogens with two attached hydrogens (primary N) is 1. The minimum atomic E-state index is -0.104. The zero-order valence-corrected chi connectivity index (χ0v) is 18.8. The van der Waals surface area contributed by atoms with Crippen LogP contribution in [-0.4, -0.2) is 20.9 Å². The molecule has 5 aromatic rings. The molecule has 0 fully saturated rings. The van der Waals surface area contributed by atoms with Crippen molar-refractivity contribution in [1.29, 1.82) is 0 Å². The zero-order chi connectivity index (χ0) is 22.6. The van der Waals surface area contributed by atoms with Crippen molar-refractivity contribution >= 4 is 39.4 Å². The van der Waals surface area contributed by atoms with Gasteiger partial charge in [-0.2, -0.15) is 11.3 Å². The average Bonchev–Trinajstić information content (AvgIpc) is 3.52. The van der Waals surface area contributed by atoms with Gasteiger partial charge in [0, 0.05) is 19.0 Å². The summed E-state index contributed by atoms with van der Waals surface area (Å²) in [5.74, 6) is -0.104. The van der Waals surface area contributed by atoms with E-state index in [1.54, 1.807) is 11.3 Å². The van der Waals surface area contributed by atoms with Crippen LogP contribution in [0.15, 0.2) is 83.7 Å². The standard InChI is InChI=1S/C26H23N5OS/c27-24-10-8-19(21-12-13-33-17-21)14-25(24)28-26(32)11-9-22-16-31(30-29-22)15-20-6-3-5-18-4-1-2-7-23(18)20/h1-8,10,12-14,16-17H,9,11,15,27H2,(H,28,32). The van der Waals surface area contributed by atoms with Crippen molar-refractivity contribution in [3.63, 3.8) is 0 Å². The van der Waals surface area contributed by atoms with Crippen LogP contribution in [0.4, 0.5) is 11.4 Å². The number of carbonyl (C=O) groups is 1. The molecule has 2 aromatic heterocycles. The third-order valence-electron chi connectivity index (χ3n) is 5.59. The number of nitrogen functional groups attached to an aromatic ring is 1. The van der Waals surface area contributed by atoms with Crippen molar-refractivity contribution in [2.45, 2.75) is 19.4 Å². The minimum absolute atomic E-state index is 0.104. The van der Waals surface area contributed by atoms with Crippen LogP contribution in [-0.2, 0) is 17.8 Å². The van der Waals surface area contributed by atoms with Crippen molar-refractivity contribution in [1.82, 2.24) is 15.0 Å². The summed E-state index contributed by atoms with van der Waals surface area (Å²) in [6, 6.07) is 22.3. The number of hydrogen-bond acceptors (Lipinski definition) is 5. The maximum Gasteiger partial charge on any atom is 0.224 e. The Labute approximate surface area is 195 Å². The molecule has 33 heavy (non-hydrogen) atoms. The Morgan fingerprint density at radius 3 is 2.79 bits per heavy atom. The summed E-state index contributed by atoms with van der Waals surface area (Å²) in [5, 5.41) is 17.9. The maximum atomic E-state index is 12.6. The van der Waals surface area contributed by atoms with Gasteiger partial charge in [-0.15, -0.1) is 5.10 Å². The molecule has 7 heteroatoms. The molecule has 0 atom stereocenters. The molecular weight excluding hydrogens is 430 g/mol. The van der Waals surface area contributed by atoms with Crippen molar-refractivity contribution in [2.24, 2.45) is 0 Å². The van der Waals surface area contributed by atoms with Gasteiger partial charge in [0.2, 0.25) is 5.91 Å². The largest absolute Gasteiger partial charge is 0.397 e. The second-order valence-electron chi connectivity index (χ2n) is 7.91. The number of anilines is 2. The Morgan fingerprint density at radius 1 is 1.03 bits per heavy atom. The third kappa shape index (κ3) is 4.78. The topological polar surface area (TPSA) is 85.8 Å². The highest BCUT2D eigenvalue weighted by Crippen LogP contribution is 2.28. The molecule has 2 heterocycles. The summed E-state index contributed by atoms with van der Waals surface area (Å²) in [5.41, 5.74) is 11.4. The van der Waals surface area contributed by atoms with E-state index in [4.69, 9.17) is 5.73 Å². The number of hydrogen-bond donors (Lipinski definition) is 2. The summed E-state index contributed by atoms with van der Waals surface area (Å²) in [4.78, 5) is 12.6. The second-order valence-corrected chi connectivity index (χ2v) is 8.69. The molecule has 0 aliphatic heterocycles. The summed E-state index contributed by atoms with van der Waals surface area (Å²) in [6.07, 6.45) is 2.71. The van der Waals surface area contributed by atoms with Crippen molar-refractivity contribution in [3.8, 4) is 11.1 Å². The van der Waals surface area contributed by atoms with Gasteiger partial charge in [-0.1, -0.05) is 53.7 Å². The quantitative estimate of drug-likeness (QED) is 0.325. The van der Waals surface area contributed by atoms with E-state index >= 15 is 0 Å². The lowest BCUT2D eigenvalue weighted by atomic mass is 10.0. The molecule has 0 radical (unpaired) electrons. The van der Waals surface area contributed by atoms with Crippen molar-refractivity contribution in [2.75, 3.05) is 11.1 Å². The number of nitrogens with one attached hydrogen (secondary N) is 1. The zero-order valence-electron chi connectivity index (χ0n) is 17.9. The predicted octanol–water partition coefficient (Wildman–Crippen LogP) is 5.36. The minimum Gasteiger partial charge on any atom is -0.397 e. The van der Waals surface area contributed by atoms with E-state index in [2.05, 4.69) is 51.3 Å². The van der Waals surface area contributed by atoms with Crippen LogP contribution in [0.3, 0.4) is 0 Å². The maximum absolute atomic E-state index is 12.6. The first-order valence-corrected chi connectivity index (χ1v) is 11.7. The fourth-order valence-electron chi connectivity index (χ4n) is 3.86. The fourth-order valence-corrected chi connectivity index (χ4v) is 4.53. The highest BCUT2D eigenvalue weighted by Gasteiger charge is 2.10. The first-order valence-electron chi connectivity index (χ1n) is 10.7. The fraction of sp³-hybridized carbons (Fsp3) is 0.115. The third-order valence-corrected chi connectivity index (χ3v) is 6.27. The molecule has 5 rings (SSSR count). The Hall–Kier alpha value is -3.97. The molecule has 0 unspecified atom stereocenters. The lowest BCUT2D eigenvalue weighted by molar-refractivity contribution is -0.116. The van der Waals surface area contributed by atoms with E-state index in [9.17, 15) is 4.79 Å². The van der Waals surface area contributed by atoms with Crippen LogP contribution in [0.25, 0.3) is 21.9 Å². The molecule has 0 saturated heterocycles. The smallest absolute Gasteiger partial charge is 0.224 e. The molecule has 0 aliphatic rings. The summed E-state index contributed by atoms with van der Waals surface area (Å²) >= 11 is 1.63. The number of rotatable bonds is 7. The molecule has 0 aliphatic carbocycles. The van der Waals surface area contributed by atoms with Gasteiger partial charge in [-0.25, -0.2) is 4.68 Å². The van der Waals surface area contributed by atoms with Crippen LogP contribution in [0.1, 0.15) is 17.7 Å². The molecule has 3 N–H and O–H groups in total. The van der Waals surface area contributed by atoms with E-state index in [1.807, 2.05) is 52.7 Å². The van der Waals surface area contributed by atoms with Gasteiger partial charge in [0.25, 0.3) is 0 Å². The molecule has 0 bridgehead atoms. The highest BCUT2D eigenvalue weighted by atomic mass is 32.1. The van der Waals surface area contributed by atoms with Crippen LogP contribution in [0.2, 0.25) is 0 Å². The number of thiophene rings is 1. The Bertz CT molecular complexity index is 1400. The predicted molar refractivity (Wildman–Crippen MR) is 134 cm³/mol. The van der Waals surface area contributed by atoms with E-state index in [-0.39, 0.29) is 5.91 Å². The number of carbonyl (C=O) groups excluding carboxylic acids is 1. The lowest BCUT2D eigenvalue weighted by Gasteiger charge is -2.10. The number of aromatic nitrogens is 3. The first-order chi connectivity index (χ1) is 16.2. The van der Waals surface area contributed by atoms with Crippen LogP contribution >= 0.6 is 11.3 Å². The SMILES string of the molecule is Nc1ccc(-c2ccsc2)cc1NC(=O)CCc1cn(Cc2cccc3ccccc23)nn1. The number of nitrogens with zero attached hydrogens (tertiary/aromatic N) is 3. The number of amides is 1. The van der Waals surface area contributed by atoms with Crippen LogP contribution in [0, 0.1) is 0 Å². The molecule has 6 nitrogen and oxygen atoms in total. The van der Waals surface area contributed by atoms with Crippen LogP contribution in [0.5, 0.6) is 0 Å².